The predicted molar refractivity (Wildman–Crippen MR) is 113 cm³/mol. The van der Waals surface area contributed by atoms with Crippen molar-refractivity contribution in [2.45, 2.75) is 24.8 Å². The summed E-state index contributed by atoms with van der Waals surface area (Å²) in [6, 6.07) is 15.0. The van der Waals surface area contributed by atoms with Crippen LogP contribution in [0.5, 0.6) is 0 Å². The van der Waals surface area contributed by atoms with E-state index in [0.29, 0.717) is 13.0 Å². The van der Waals surface area contributed by atoms with Crippen molar-refractivity contribution in [2.75, 3.05) is 20.2 Å². The number of fused-ring (bicyclic) bond motifs is 3. The maximum absolute atomic E-state index is 12.6. The number of likely N-dealkylation sites (N-methyl/N-ethyl adjacent to an activating group) is 1. The van der Waals surface area contributed by atoms with Gasteiger partial charge in [-0.3, -0.25) is 10.3 Å². The summed E-state index contributed by atoms with van der Waals surface area (Å²) in [7, 11) is 1.43. The number of nitrogens with zero attached hydrogens (tertiary/aromatic N) is 1. The molecule has 0 spiro atoms. The van der Waals surface area contributed by atoms with Crippen LogP contribution in [0.4, 0.5) is 4.79 Å². The average molecular weight is 410 g/mol. The Kier molecular flexibility index (Phi) is 6.56. The summed E-state index contributed by atoms with van der Waals surface area (Å²) in [5, 5.41) is 19.3. The molecule has 1 aliphatic rings. The molecule has 0 heterocycles. The molecule has 3 rings (SSSR count). The molecular weight excluding hydrogens is 384 g/mol. The van der Waals surface area contributed by atoms with Crippen molar-refractivity contribution < 1.29 is 19.4 Å². The van der Waals surface area contributed by atoms with Crippen LogP contribution in [-0.4, -0.2) is 54.3 Å². The minimum atomic E-state index is -1.10. The molecule has 2 aromatic rings. The lowest BCUT2D eigenvalue weighted by molar-refractivity contribution is -0.142. The number of rotatable bonds is 8. The highest BCUT2D eigenvalue weighted by molar-refractivity contribution is 5.81. The molecule has 0 bridgehead atoms. The summed E-state index contributed by atoms with van der Waals surface area (Å²) in [6.07, 6.45) is -0.0165. The molecule has 8 nitrogen and oxygen atoms in total. The molecule has 1 atom stereocenters. The Morgan fingerprint density at radius 3 is 2.27 bits per heavy atom. The normalized spacial score (nSPS) is 13.1. The van der Waals surface area contributed by atoms with Gasteiger partial charge in [-0.05, 0) is 35.1 Å². The van der Waals surface area contributed by atoms with E-state index in [-0.39, 0.29) is 24.9 Å². The van der Waals surface area contributed by atoms with E-state index in [2.05, 4.69) is 17.4 Å². The van der Waals surface area contributed by atoms with Crippen molar-refractivity contribution in [1.82, 2.24) is 10.2 Å². The standard InChI is InChI=1S/C22H26N4O4/c1-26(19(20(27)28)11-6-12-25-21(23)24)22(29)30-13-18-16-9-4-2-7-14(16)15-8-3-5-10-17(15)18/h2-5,7-10,18-19H,6,11-13H2,1H3,(H,27,28)(H4,23,24,25)/t19-/m0/s1. The summed E-state index contributed by atoms with van der Waals surface area (Å²) in [5.41, 5.74) is 9.67. The van der Waals surface area contributed by atoms with Gasteiger partial charge >= 0.3 is 12.1 Å². The van der Waals surface area contributed by atoms with Gasteiger partial charge in [-0.25, -0.2) is 9.59 Å². The smallest absolute Gasteiger partial charge is 0.410 e. The Bertz CT molecular complexity index is 901. The van der Waals surface area contributed by atoms with Gasteiger partial charge in [-0.15, -0.1) is 0 Å². The van der Waals surface area contributed by atoms with Crippen LogP contribution in [0.15, 0.2) is 48.5 Å². The molecule has 0 unspecified atom stereocenters. The van der Waals surface area contributed by atoms with E-state index in [1.165, 1.54) is 7.05 Å². The van der Waals surface area contributed by atoms with E-state index in [1.807, 2.05) is 36.4 Å². The van der Waals surface area contributed by atoms with Crippen molar-refractivity contribution in [2.24, 2.45) is 5.73 Å². The zero-order valence-electron chi connectivity index (χ0n) is 16.8. The fraction of sp³-hybridized carbons (Fsp3) is 0.318. The second kappa shape index (κ2) is 9.30. The van der Waals surface area contributed by atoms with E-state index < -0.39 is 18.1 Å². The second-order valence-corrected chi connectivity index (χ2v) is 7.25. The molecule has 158 valence electrons. The van der Waals surface area contributed by atoms with Crippen LogP contribution >= 0.6 is 0 Å². The Hall–Kier alpha value is -3.55. The summed E-state index contributed by atoms with van der Waals surface area (Å²) in [4.78, 5) is 25.3. The third kappa shape index (κ3) is 4.53. The largest absolute Gasteiger partial charge is 0.480 e. The molecule has 1 aliphatic carbocycles. The lowest BCUT2D eigenvalue weighted by atomic mass is 9.98. The minimum absolute atomic E-state index is 0.0854. The lowest BCUT2D eigenvalue weighted by Crippen LogP contribution is -2.43. The highest BCUT2D eigenvalue weighted by Crippen LogP contribution is 2.44. The van der Waals surface area contributed by atoms with Crippen molar-refractivity contribution in [3.05, 3.63) is 59.7 Å². The van der Waals surface area contributed by atoms with E-state index in [9.17, 15) is 14.7 Å². The van der Waals surface area contributed by atoms with Gasteiger partial charge in [0, 0.05) is 19.5 Å². The van der Waals surface area contributed by atoms with Crippen LogP contribution in [0.2, 0.25) is 0 Å². The number of benzene rings is 2. The SMILES string of the molecule is CN(C(=O)OCC1c2ccccc2-c2ccccc21)[C@@H](CCCNC(=N)N)C(=O)O. The number of carbonyl (C=O) groups is 2. The first-order valence-corrected chi connectivity index (χ1v) is 9.78. The average Bonchev–Trinajstić information content (AvgIpc) is 3.05. The van der Waals surface area contributed by atoms with Crippen LogP contribution in [0.25, 0.3) is 11.1 Å². The number of amides is 1. The third-order valence-electron chi connectivity index (χ3n) is 5.35. The minimum Gasteiger partial charge on any atom is -0.480 e. The van der Waals surface area contributed by atoms with Crippen LogP contribution in [0, 0.1) is 5.41 Å². The molecule has 1 amide bonds. The molecular formula is C22H26N4O4. The summed E-state index contributed by atoms with van der Waals surface area (Å²) in [6.45, 7) is 0.493. The second-order valence-electron chi connectivity index (χ2n) is 7.25. The van der Waals surface area contributed by atoms with E-state index in [0.717, 1.165) is 27.2 Å². The van der Waals surface area contributed by atoms with E-state index in [4.69, 9.17) is 15.9 Å². The van der Waals surface area contributed by atoms with Gasteiger partial charge in [0.2, 0.25) is 0 Å². The first kappa shape index (κ1) is 21.2. The molecule has 0 saturated heterocycles. The maximum atomic E-state index is 12.6. The Balaban J connectivity index is 1.64. The topological polar surface area (TPSA) is 129 Å². The first-order valence-electron chi connectivity index (χ1n) is 9.78. The Morgan fingerprint density at radius 2 is 1.73 bits per heavy atom. The first-order chi connectivity index (χ1) is 14.4. The van der Waals surface area contributed by atoms with Gasteiger partial charge in [-0.1, -0.05) is 48.5 Å². The molecule has 30 heavy (non-hydrogen) atoms. The zero-order valence-corrected chi connectivity index (χ0v) is 16.8. The summed E-state index contributed by atoms with van der Waals surface area (Å²) >= 11 is 0. The van der Waals surface area contributed by atoms with Gasteiger partial charge in [0.1, 0.15) is 12.6 Å². The van der Waals surface area contributed by atoms with Gasteiger partial charge in [-0.2, -0.15) is 0 Å². The number of nitrogens with two attached hydrogens (primary N) is 1. The molecule has 2 aromatic carbocycles. The molecule has 5 N–H and O–H groups in total. The molecule has 8 heteroatoms. The Labute approximate surface area is 175 Å². The van der Waals surface area contributed by atoms with Crippen molar-refractivity contribution in [3.8, 4) is 11.1 Å². The number of nitrogens with one attached hydrogen (secondary N) is 2. The third-order valence-corrected chi connectivity index (χ3v) is 5.35. The number of carboxylic acid groups (broad SMARTS) is 1. The zero-order chi connectivity index (χ0) is 21.7. The summed E-state index contributed by atoms with van der Waals surface area (Å²) < 4.78 is 5.53. The van der Waals surface area contributed by atoms with Gasteiger partial charge < -0.3 is 20.9 Å². The number of hydrogen-bond acceptors (Lipinski definition) is 4. The molecule has 0 saturated carbocycles. The van der Waals surface area contributed by atoms with Crippen LogP contribution in [-0.2, 0) is 9.53 Å². The van der Waals surface area contributed by atoms with Crippen molar-refractivity contribution in [3.63, 3.8) is 0 Å². The van der Waals surface area contributed by atoms with E-state index in [1.54, 1.807) is 0 Å². The number of aliphatic carboxylic acids is 1. The van der Waals surface area contributed by atoms with Crippen molar-refractivity contribution >= 4 is 18.0 Å². The van der Waals surface area contributed by atoms with Crippen LogP contribution in [0.3, 0.4) is 0 Å². The fourth-order valence-electron chi connectivity index (χ4n) is 3.82. The maximum Gasteiger partial charge on any atom is 0.410 e. The summed E-state index contributed by atoms with van der Waals surface area (Å²) in [5.74, 6) is -1.36. The monoisotopic (exact) mass is 410 g/mol. The van der Waals surface area contributed by atoms with Gasteiger partial charge in [0.05, 0.1) is 0 Å². The lowest BCUT2D eigenvalue weighted by Gasteiger charge is -2.25. The number of guanidine groups is 1. The highest BCUT2D eigenvalue weighted by Gasteiger charge is 2.31. The molecule has 0 fully saturated rings. The molecule has 0 radical (unpaired) electrons. The van der Waals surface area contributed by atoms with Gasteiger partial charge in [0.15, 0.2) is 5.96 Å². The molecule has 0 aromatic heterocycles. The fourth-order valence-corrected chi connectivity index (χ4v) is 3.82. The predicted octanol–water partition coefficient (Wildman–Crippen LogP) is 2.58. The van der Waals surface area contributed by atoms with Crippen LogP contribution in [0.1, 0.15) is 29.9 Å². The van der Waals surface area contributed by atoms with E-state index >= 15 is 0 Å². The number of hydrogen-bond donors (Lipinski definition) is 4. The van der Waals surface area contributed by atoms with Crippen molar-refractivity contribution in [1.29, 1.82) is 5.41 Å². The highest BCUT2D eigenvalue weighted by atomic mass is 16.6. The quantitative estimate of drug-likeness (QED) is 0.301. The Morgan fingerprint density at radius 1 is 1.17 bits per heavy atom. The number of carboxylic acids is 1. The number of carbonyl (C=O) groups excluding carboxylic acids is 1. The van der Waals surface area contributed by atoms with Crippen LogP contribution < -0.4 is 11.1 Å². The molecule has 0 aliphatic heterocycles. The van der Waals surface area contributed by atoms with Gasteiger partial charge in [0.25, 0.3) is 0 Å². The number of ether oxygens (including phenoxy) is 1.